The summed E-state index contributed by atoms with van der Waals surface area (Å²) in [5.41, 5.74) is 0. The number of carbonyl (C=O) groups excluding carboxylic acids is 1. The summed E-state index contributed by atoms with van der Waals surface area (Å²) in [5, 5.41) is 76.2. The second-order valence-electron chi connectivity index (χ2n) is 21.4. The lowest BCUT2D eigenvalue weighted by Gasteiger charge is -2.40. The Labute approximate surface area is 447 Å². The van der Waals surface area contributed by atoms with Gasteiger partial charge in [-0.25, -0.2) is 0 Å². The van der Waals surface area contributed by atoms with E-state index in [0.717, 1.165) is 57.8 Å². The fraction of sp³-hybridized carbons (Fsp3) is 0.855. The molecule has 1 aliphatic rings. The van der Waals surface area contributed by atoms with E-state index in [1.165, 1.54) is 167 Å². The minimum atomic E-state index is -1.67. The molecule has 1 heterocycles. The summed E-state index contributed by atoms with van der Waals surface area (Å²) in [6, 6.07) is -1.20. The monoisotopic (exact) mass is 1030 g/mol. The van der Waals surface area contributed by atoms with Gasteiger partial charge in [-0.1, -0.05) is 236 Å². The molecule has 11 nitrogen and oxygen atoms in total. The van der Waals surface area contributed by atoms with Crippen molar-refractivity contribution in [1.82, 2.24) is 5.32 Å². The zero-order chi connectivity index (χ0) is 53.3. The normalized spacial score (nSPS) is 20.3. The number of aliphatic hydroxyl groups is 7. The number of amides is 1. The summed E-state index contributed by atoms with van der Waals surface area (Å²) in [6.07, 6.45) is 53.1. The Balaban J connectivity index is 2.33. The van der Waals surface area contributed by atoms with Crippen molar-refractivity contribution in [1.29, 1.82) is 0 Å². The Morgan fingerprint density at radius 2 is 0.863 bits per heavy atom. The van der Waals surface area contributed by atoms with Crippen LogP contribution in [0.3, 0.4) is 0 Å². The molecule has 9 atom stereocenters. The first kappa shape index (κ1) is 69.1. The molecule has 0 aromatic heterocycles. The average Bonchev–Trinajstić information content (AvgIpc) is 3.39. The van der Waals surface area contributed by atoms with Gasteiger partial charge in [-0.15, -0.1) is 0 Å². The maximum absolute atomic E-state index is 13.2. The molecule has 0 aromatic rings. The first-order valence-corrected chi connectivity index (χ1v) is 30.5. The smallest absolute Gasteiger partial charge is 0.249 e. The van der Waals surface area contributed by atoms with Crippen molar-refractivity contribution >= 4 is 5.91 Å². The summed E-state index contributed by atoms with van der Waals surface area (Å²) >= 11 is 0. The van der Waals surface area contributed by atoms with E-state index >= 15 is 0 Å². The highest BCUT2D eigenvalue weighted by atomic mass is 16.7. The molecular formula is C62H115NO10. The van der Waals surface area contributed by atoms with Crippen LogP contribution >= 0.6 is 0 Å². The molecule has 428 valence electrons. The molecule has 1 fully saturated rings. The van der Waals surface area contributed by atoms with Crippen molar-refractivity contribution in [2.24, 2.45) is 0 Å². The quantitative estimate of drug-likeness (QED) is 0.0215. The molecule has 0 saturated carbocycles. The molecular weight excluding hydrogens is 919 g/mol. The highest BCUT2D eigenvalue weighted by Crippen LogP contribution is 2.23. The maximum Gasteiger partial charge on any atom is 0.249 e. The SMILES string of the molecule is CCCCCCCCCCC/C=C\C/C=C\CCCCCCCCCCC(O)C(=O)NC(COC1OC(CO)C(O)C(O)C1O)C(O)C(O)CCC/C=C/CC/C=C/CCCCCCCCCCCCCCC. The number of nitrogens with one attached hydrogen (secondary N) is 1. The number of rotatable bonds is 52. The molecule has 0 bridgehead atoms. The van der Waals surface area contributed by atoms with Gasteiger partial charge in [0.1, 0.15) is 36.6 Å². The second-order valence-corrected chi connectivity index (χ2v) is 21.4. The number of allylic oxidation sites excluding steroid dienone is 8. The fourth-order valence-corrected chi connectivity index (χ4v) is 9.61. The Hall–Kier alpha value is -1.93. The summed E-state index contributed by atoms with van der Waals surface area (Å²) < 4.78 is 11.1. The maximum atomic E-state index is 13.2. The molecule has 8 N–H and O–H groups in total. The number of carbonyl (C=O) groups is 1. The van der Waals surface area contributed by atoms with E-state index in [9.17, 15) is 40.5 Å². The molecule has 0 aliphatic carbocycles. The summed E-state index contributed by atoms with van der Waals surface area (Å²) in [4.78, 5) is 13.2. The van der Waals surface area contributed by atoms with E-state index in [1.807, 2.05) is 0 Å². The number of unbranched alkanes of at least 4 members (excludes halogenated alkanes) is 32. The summed E-state index contributed by atoms with van der Waals surface area (Å²) in [7, 11) is 0. The van der Waals surface area contributed by atoms with Gasteiger partial charge in [-0.2, -0.15) is 0 Å². The van der Waals surface area contributed by atoms with Gasteiger partial charge in [0, 0.05) is 0 Å². The van der Waals surface area contributed by atoms with Crippen LogP contribution in [0.2, 0.25) is 0 Å². The summed E-state index contributed by atoms with van der Waals surface area (Å²) in [6.45, 7) is 3.46. The molecule has 1 rings (SSSR count). The van der Waals surface area contributed by atoms with Crippen LogP contribution in [0.15, 0.2) is 48.6 Å². The van der Waals surface area contributed by atoms with Gasteiger partial charge in [-0.3, -0.25) is 4.79 Å². The number of ether oxygens (including phenoxy) is 2. The van der Waals surface area contributed by atoms with E-state index in [4.69, 9.17) is 9.47 Å². The lowest BCUT2D eigenvalue weighted by atomic mass is 9.98. The molecule has 1 amide bonds. The van der Waals surface area contributed by atoms with E-state index in [0.29, 0.717) is 19.3 Å². The van der Waals surface area contributed by atoms with Crippen molar-refractivity contribution < 1.29 is 50.0 Å². The predicted octanol–water partition coefficient (Wildman–Crippen LogP) is 13.2. The van der Waals surface area contributed by atoms with Gasteiger partial charge in [0.25, 0.3) is 0 Å². The Bertz CT molecular complexity index is 1320. The highest BCUT2D eigenvalue weighted by Gasteiger charge is 2.44. The number of aliphatic hydroxyl groups excluding tert-OH is 7. The van der Waals surface area contributed by atoms with Gasteiger partial charge < -0.3 is 50.5 Å². The zero-order valence-corrected chi connectivity index (χ0v) is 46.9. The molecule has 73 heavy (non-hydrogen) atoms. The number of hydrogen-bond acceptors (Lipinski definition) is 10. The van der Waals surface area contributed by atoms with Crippen molar-refractivity contribution in [2.75, 3.05) is 13.2 Å². The minimum absolute atomic E-state index is 0.243. The fourth-order valence-electron chi connectivity index (χ4n) is 9.61. The molecule has 9 unspecified atom stereocenters. The molecule has 0 aromatic carbocycles. The minimum Gasteiger partial charge on any atom is -0.394 e. The molecule has 1 saturated heterocycles. The third-order valence-electron chi connectivity index (χ3n) is 14.6. The van der Waals surface area contributed by atoms with Crippen molar-refractivity contribution in [3.05, 3.63) is 48.6 Å². The largest absolute Gasteiger partial charge is 0.394 e. The van der Waals surface area contributed by atoms with Crippen LogP contribution in [0.25, 0.3) is 0 Å². The molecule has 0 radical (unpaired) electrons. The Morgan fingerprint density at radius 1 is 0.479 bits per heavy atom. The van der Waals surface area contributed by atoms with Gasteiger partial charge in [0.05, 0.1) is 25.4 Å². The van der Waals surface area contributed by atoms with Crippen LogP contribution in [0.4, 0.5) is 0 Å². The lowest BCUT2D eigenvalue weighted by Crippen LogP contribution is -2.60. The van der Waals surface area contributed by atoms with E-state index in [2.05, 4.69) is 67.8 Å². The molecule has 0 spiro atoms. The van der Waals surface area contributed by atoms with Crippen molar-refractivity contribution in [3.63, 3.8) is 0 Å². The van der Waals surface area contributed by atoms with Crippen molar-refractivity contribution in [3.8, 4) is 0 Å². The second kappa shape index (κ2) is 50.9. The van der Waals surface area contributed by atoms with E-state index in [-0.39, 0.29) is 12.8 Å². The van der Waals surface area contributed by atoms with Crippen LogP contribution in [0, 0.1) is 0 Å². The van der Waals surface area contributed by atoms with E-state index in [1.54, 1.807) is 0 Å². The van der Waals surface area contributed by atoms with Crippen LogP contribution in [-0.4, -0.2) is 110 Å². The topological polar surface area (TPSA) is 189 Å². The Morgan fingerprint density at radius 3 is 1.30 bits per heavy atom. The first-order valence-electron chi connectivity index (χ1n) is 30.5. The van der Waals surface area contributed by atoms with Crippen LogP contribution in [0.1, 0.15) is 271 Å². The first-order chi connectivity index (χ1) is 35.7. The van der Waals surface area contributed by atoms with Gasteiger partial charge in [-0.05, 0) is 83.5 Å². The molecule has 1 aliphatic heterocycles. The zero-order valence-electron chi connectivity index (χ0n) is 46.9. The van der Waals surface area contributed by atoms with E-state index < -0.39 is 74.2 Å². The van der Waals surface area contributed by atoms with Gasteiger partial charge >= 0.3 is 0 Å². The van der Waals surface area contributed by atoms with Crippen LogP contribution in [-0.2, 0) is 14.3 Å². The molecule has 11 heteroatoms. The predicted molar refractivity (Wildman–Crippen MR) is 302 cm³/mol. The van der Waals surface area contributed by atoms with Crippen LogP contribution < -0.4 is 5.32 Å². The van der Waals surface area contributed by atoms with Gasteiger partial charge in [0.2, 0.25) is 5.91 Å². The Kier molecular flexibility index (Phi) is 48.1. The standard InChI is InChI=1S/C62H115NO10/c1-3-5-7-9-11-13-15-17-19-21-23-25-27-28-30-32-34-36-38-40-42-44-46-48-50-55(66)61(71)63-53(52-72-62-60(70)59(69)58(68)56(51-64)73-62)57(67)54(65)49-47-45-43-41-39-37-35-33-31-29-26-24-22-20-18-16-14-12-10-8-6-4-2/h23,25,28,30,33,35,41,43,53-60,62,64-70H,3-22,24,26-27,29,31-32,34,36-40,42,44-52H2,1-2H3,(H,63,71)/b25-23-,30-28-,35-33+,43-41+. The van der Waals surface area contributed by atoms with Crippen molar-refractivity contribution in [2.45, 2.75) is 326 Å². The lowest BCUT2D eigenvalue weighted by molar-refractivity contribution is -0.303. The highest BCUT2D eigenvalue weighted by molar-refractivity contribution is 5.80. The average molecular weight is 1030 g/mol. The van der Waals surface area contributed by atoms with Crippen LogP contribution in [0.5, 0.6) is 0 Å². The van der Waals surface area contributed by atoms with Gasteiger partial charge in [0.15, 0.2) is 6.29 Å². The summed E-state index contributed by atoms with van der Waals surface area (Å²) in [5.74, 6) is -0.714. The number of hydrogen-bond donors (Lipinski definition) is 8. The third-order valence-corrected chi connectivity index (χ3v) is 14.6. The third kappa shape index (κ3) is 39.1.